The first-order valence-corrected chi connectivity index (χ1v) is 8.22. The lowest BCUT2D eigenvalue weighted by Crippen LogP contribution is -2.45. The van der Waals surface area contributed by atoms with Gasteiger partial charge in [-0.1, -0.05) is 35.8 Å². The standard InChI is InChI=1S/C16H25BrN2O/c1-11(2)10-14(19-8-6-18-7-9-19)15-13(17)5-4-12(3)16(15)20/h4-5,11,14,18,20H,6-10H2,1-3H3/t14-/m1/s1. The molecule has 1 heterocycles. The van der Waals surface area contributed by atoms with Crippen LogP contribution in [0, 0.1) is 12.8 Å². The molecule has 0 aliphatic carbocycles. The minimum Gasteiger partial charge on any atom is -0.507 e. The Morgan fingerprint density at radius 2 is 1.95 bits per heavy atom. The molecule has 2 rings (SSSR count). The lowest BCUT2D eigenvalue weighted by atomic mass is 9.93. The number of benzene rings is 1. The average Bonchev–Trinajstić information content (AvgIpc) is 2.43. The van der Waals surface area contributed by atoms with Gasteiger partial charge in [-0.15, -0.1) is 0 Å². The van der Waals surface area contributed by atoms with Crippen molar-refractivity contribution in [3.63, 3.8) is 0 Å². The van der Waals surface area contributed by atoms with Crippen molar-refractivity contribution >= 4 is 15.9 Å². The first-order chi connectivity index (χ1) is 9.50. The van der Waals surface area contributed by atoms with E-state index in [0.29, 0.717) is 11.7 Å². The van der Waals surface area contributed by atoms with E-state index in [1.165, 1.54) is 0 Å². The van der Waals surface area contributed by atoms with E-state index in [4.69, 9.17) is 0 Å². The minimum absolute atomic E-state index is 0.284. The molecule has 1 aliphatic heterocycles. The van der Waals surface area contributed by atoms with Crippen molar-refractivity contribution in [1.29, 1.82) is 0 Å². The summed E-state index contributed by atoms with van der Waals surface area (Å²) in [5.74, 6) is 1.05. The van der Waals surface area contributed by atoms with Crippen LogP contribution < -0.4 is 5.32 Å². The van der Waals surface area contributed by atoms with Gasteiger partial charge in [0, 0.05) is 42.3 Å². The maximum atomic E-state index is 10.5. The summed E-state index contributed by atoms with van der Waals surface area (Å²) in [4.78, 5) is 2.50. The summed E-state index contributed by atoms with van der Waals surface area (Å²) in [6.07, 6.45) is 1.07. The van der Waals surface area contributed by atoms with Crippen LogP contribution in [0.4, 0.5) is 0 Å². The highest BCUT2D eigenvalue weighted by molar-refractivity contribution is 9.10. The smallest absolute Gasteiger partial charge is 0.124 e. The zero-order valence-corrected chi connectivity index (χ0v) is 14.2. The summed E-state index contributed by atoms with van der Waals surface area (Å²) in [6.45, 7) is 10.6. The highest BCUT2D eigenvalue weighted by Gasteiger charge is 2.27. The molecule has 20 heavy (non-hydrogen) atoms. The quantitative estimate of drug-likeness (QED) is 0.880. The maximum Gasteiger partial charge on any atom is 0.124 e. The van der Waals surface area contributed by atoms with Crippen LogP contribution in [0.2, 0.25) is 0 Å². The van der Waals surface area contributed by atoms with Gasteiger partial charge in [0.05, 0.1) is 0 Å². The molecule has 0 unspecified atom stereocenters. The predicted octanol–water partition coefficient (Wildman–Crippen LogP) is 3.46. The fourth-order valence-corrected chi connectivity index (χ4v) is 3.48. The molecule has 0 aromatic heterocycles. The Morgan fingerprint density at radius 1 is 1.30 bits per heavy atom. The molecule has 1 saturated heterocycles. The molecule has 0 radical (unpaired) electrons. The number of nitrogens with one attached hydrogen (secondary N) is 1. The van der Waals surface area contributed by atoms with E-state index in [0.717, 1.165) is 48.2 Å². The van der Waals surface area contributed by atoms with Gasteiger partial charge in [0.2, 0.25) is 0 Å². The van der Waals surface area contributed by atoms with Gasteiger partial charge in [0.1, 0.15) is 5.75 Å². The molecule has 0 saturated carbocycles. The van der Waals surface area contributed by atoms with Crippen LogP contribution in [-0.2, 0) is 0 Å². The molecule has 1 aliphatic rings. The van der Waals surface area contributed by atoms with Gasteiger partial charge in [-0.3, -0.25) is 4.90 Å². The Bertz CT molecular complexity index is 456. The summed E-state index contributed by atoms with van der Waals surface area (Å²) in [6, 6.07) is 4.30. The molecule has 0 bridgehead atoms. The van der Waals surface area contributed by atoms with Crippen LogP contribution in [0.5, 0.6) is 5.75 Å². The van der Waals surface area contributed by atoms with Crippen LogP contribution in [0.15, 0.2) is 16.6 Å². The third-order valence-electron chi connectivity index (χ3n) is 3.99. The number of rotatable bonds is 4. The highest BCUT2D eigenvalue weighted by Crippen LogP contribution is 2.40. The minimum atomic E-state index is 0.284. The fourth-order valence-electron chi connectivity index (χ4n) is 2.90. The number of aromatic hydroxyl groups is 1. The largest absolute Gasteiger partial charge is 0.507 e. The van der Waals surface area contributed by atoms with Gasteiger partial charge < -0.3 is 10.4 Å². The molecule has 112 valence electrons. The molecule has 1 fully saturated rings. The molecular formula is C16H25BrN2O. The van der Waals surface area contributed by atoms with Crippen LogP contribution in [0.1, 0.15) is 37.4 Å². The van der Waals surface area contributed by atoms with Crippen molar-refractivity contribution in [2.45, 2.75) is 33.2 Å². The molecule has 0 spiro atoms. The average molecular weight is 341 g/mol. The Kier molecular flexibility index (Phi) is 5.47. The Hall–Kier alpha value is -0.580. The molecule has 1 aromatic rings. The van der Waals surface area contributed by atoms with Crippen LogP contribution in [-0.4, -0.2) is 36.2 Å². The predicted molar refractivity (Wildman–Crippen MR) is 87.2 cm³/mol. The summed E-state index contributed by atoms with van der Waals surface area (Å²) >= 11 is 3.64. The van der Waals surface area contributed by atoms with Gasteiger partial charge in [-0.2, -0.15) is 0 Å². The molecule has 4 heteroatoms. The van der Waals surface area contributed by atoms with E-state index in [-0.39, 0.29) is 6.04 Å². The molecule has 0 amide bonds. The van der Waals surface area contributed by atoms with Gasteiger partial charge in [0.15, 0.2) is 0 Å². The first kappa shape index (κ1) is 15.8. The fraction of sp³-hybridized carbons (Fsp3) is 0.625. The number of nitrogens with zero attached hydrogens (tertiary/aromatic N) is 1. The van der Waals surface area contributed by atoms with Crippen molar-refractivity contribution < 1.29 is 5.11 Å². The number of halogens is 1. The van der Waals surface area contributed by atoms with Crippen LogP contribution in [0.25, 0.3) is 0 Å². The number of phenols is 1. The van der Waals surface area contributed by atoms with Gasteiger partial charge in [-0.05, 0) is 30.9 Å². The van der Waals surface area contributed by atoms with Crippen LogP contribution >= 0.6 is 15.9 Å². The summed E-state index contributed by atoms with van der Waals surface area (Å²) in [5.41, 5.74) is 2.01. The number of phenolic OH excluding ortho intramolecular Hbond substituents is 1. The zero-order chi connectivity index (χ0) is 14.7. The van der Waals surface area contributed by atoms with Gasteiger partial charge in [-0.25, -0.2) is 0 Å². The molecule has 1 atom stereocenters. The zero-order valence-electron chi connectivity index (χ0n) is 12.6. The molecule has 1 aromatic carbocycles. The van der Waals surface area contributed by atoms with E-state index >= 15 is 0 Å². The molecule has 2 N–H and O–H groups in total. The molecule has 3 nitrogen and oxygen atoms in total. The van der Waals surface area contributed by atoms with E-state index in [1.807, 2.05) is 13.0 Å². The van der Waals surface area contributed by atoms with E-state index in [9.17, 15) is 5.11 Å². The number of hydrogen-bond acceptors (Lipinski definition) is 3. The topological polar surface area (TPSA) is 35.5 Å². The highest BCUT2D eigenvalue weighted by atomic mass is 79.9. The summed E-state index contributed by atoms with van der Waals surface area (Å²) < 4.78 is 1.02. The Labute approximate surface area is 130 Å². The van der Waals surface area contributed by atoms with Crippen molar-refractivity contribution in [2.24, 2.45) is 5.92 Å². The monoisotopic (exact) mass is 340 g/mol. The number of hydrogen-bond donors (Lipinski definition) is 2. The second-order valence-corrected chi connectivity index (χ2v) is 6.91. The lowest BCUT2D eigenvalue weighted by Gasteiger charge is -2.37. The second kappa shape index (κ2) is 6.92. The van der Waals surface area contributed by atoms with Gasteiger partial charge in [0.25, 0.3) is 0 Å². The maximum absolute atomic E-state index is 10.5. The number of piperazine rings is 1. The SMILES string of the molecule is Cc1ccc(Br)c([C@@H](CC(C)C)N2CCNCC2)c1O. The van der Waals surface area contributed by atoms with E-state index < -0.39 is 0 Å². The summed E-state index contributed by atoms with van der Waals surface area (Å²) in [7, 11) is 0. The Morgan fingerprint density at radius 3 is 2.55 bits per heavy atom. The van der Waals surface area contributed by atoms with Crippen molar-refractivity contribution in [3.8, 4) is 5.75 Å². The van der Waals surface area contributed by atoms with Crippen molar-refractivity contribution in [2.75, 3.05) is 26.2 Å². The van der Waals surface area contributed by atoms with Crippen molar-refractivity contribution in [3.05, 3.63) is 27.7 Å². The third-order valence-corrected chi connectivity index (χ3v) is 4.68. The third kappa shape index (κ3) is 3.54. The molecular weight excluding hydrogens is 316 g/mol. The van der Waals surface area contributed by atoms with Crippen LogP contribution in [0.3, 0.4) is 0 Å². The van der Waals surface area contributed by atoms with E-state index in [2.05, 4.69) is 46.1 Å². The Balaban J connectivity index is 2.37. The van der Waals surface area contributed by atoms with Crippen molar-refractivity contribution in [1.82, 2.24) is 10.2 Å². The first-order valence-electron chi connectivity index (χ1n) is 7.43. The second-order valence-electron chi connectivity index (χ2n) is 6.06. The summed E-state index contributed by atoms with van der Waals surface area (Å²) in [5, 5.41) is 13.9. The van der Waals surface area contributed by atoms with Gasteiger partial charge >= 0.3 is 0 Å². The lowest BCUT2D eigenvalue weighted by molar-refractivity contribution is 0.151. The normalized spacial score (nSPS) is 18.4. The van der Waals surface area contributed by atoms with E-state index in [1.54, 1.807) is 0 Å². The number of aryl methyl sites for hydroxylation is 1.